The summed E-state index contributed by atoms with van der Waals surface area (Å²) in [6.07, 6.45) is 4.14. The number of piperidine rings is 1. The molecule has 0 atom stereocenters. The molecule has 27 heavy (non-hydrogen) atoms. The number of aryl methyl sites for hydroxylation is 1. The van der Waals surface area contributed by atoms with Gasteiger partial charge in [-0.05, 0) is 44.3 Å². The van der Waals surface area contributed by atoms with Crippen LogP contribution >= 0.6 is 0 Å². The SMILES string of the molecule is CC1CCN(Cc2cc3n(n2)CCCN(C(=O)C2=NNC(=O)CC2)C3)CC1. The average molecular weight is 372 g/mol. The number of hydrogen-bond donors (Lipinski definition) is 1. The zero-order chi connectivity index (χ0) is 18.8. The lowest BCUT2D eigenvalue weighted by molar-refractivity contribution is -0.125. The van der Waals surface area contributed by atoms with Gasteiger partial charge < -0.3 is 4.90 Å². The molecule has 1 aromatic rings. The van der Waals surface area contributed by atoms with Gasteiger partial charge in [-0.3, -0.25) is 19.2 Å². The van der Waals surface area contributed by atoms with Crippen LogP contribution in [0.5, 0.6) is 0 Å². The van der Waals surface area contributed by atoms with E-state index in [4.69, 9.17) is 5.10 Å². The van der Waals surface area contributed by atoms with Crippen molar-refractivity contribution in [1.29, 1.82) is 0 Å². The summed E-state index contributed by atoms with van der Waals surface area (Å²) < 4.78 is 2.06. The Morgan fingerprint density at radius 1 is 1.22 bits per heavy atom. The van der Waals surface area contributed by atoms with E-state index in [-0.39, 0.29) is 11.8 Å². The Morgan fingerprint density at radius 3 is 2.78 bits per heavy atom. The molecule has 1 fully saturated rings. The second kappa shape index (κ2) is 7.80. The third kappa shape index (κ3) is 4.21. The molecule has 0 bridgehead atoms. The van der Waals surface area contributed by atoms with E-state index < -0.39 is 0 Å². The third-order valence-corrected chi connectivity index (χ3v) is 5.77. The van der Waals surface area contributed by atoms with Gasteiger partial charge in [-0.15, -0.1) is 0 Å². The molecule has 8 nitrogen and oxygen atoms in total. The first kappa shape index (κ1) is 18.2. The van der Waals surface area contributed by atoms with E-state index in [2.05, 4.69) is 33.1 Å². The molecule has 0 saturated carbocycles. The van der Waals surface area contributed by atoms with Crippen molar-refractivity contribution < 1.29 is 9.59 Å². The quantitative estimate of drug-likeness (QED) is 0.862. The largest absolute Gasteiger partial charge is 0.332 e. The molecule has 0 aliphatic carbocycles. The minimum Gasteiger partial charge on any atom is -0.332 e. The fraction of sp³-hybridized carbons (Fsp3) is 0.684. The van der Waals surface area contributed by atoms with Gasteiger partial charge in [0.05, 0.1) is 17.9 Å². The number of nitrogens with zero attached hydrogens (tertiary/aromatic N) is 5. The lowest BCUT2D eigenvalue weighted by Crippen LogP contribution is -2.40. The maximum absolute atomic E-state index is 12.8. The summed E-state index contributed by atoms with van der Waals surface area (Å²) in [6.45, 7) is 7.56. The van der Waals surface area contributed by atoms with Gasteiger partial charge in [-0.2, -0.15) is 10.2 Å². The minimum atomic E-state index is -0.128. The molecule has 3 aliphatic heterocycles. The Labute approximate surface area is 159 Å². The normalized spacial score (nSPS) is 22.0. The van der Waals surface area contributed by atoms with Gasteiger partial charge >= 0.3 is 0 Å². The molecule has 3 aliphatic rings. The van der Waals surface area contributed by atoms with Crippen LogP contribution in [-0.2, 0) is 29.2 Å². The molecular formula is C19H28N6O2. The maximum Gasteiger partial charge on any atom is 0.270 e. The van der Waals surface area contributed by atoms with Crippen LogP contribution in [0.25, 0.3) is 0 Å². The predicted octanol–water partition coefficient (Wildman–Crippen LogP) is 1.11. The summed E-state index contributed by atoms with van der Waals surface area (Å²) in [5, 5.41) is 8.75. The molecule has 4 heterocycles. The highest BCUT2D eigenvalue weighted by Gasteiger charge is 2.26. The molecule has 146 valence electrons. The average Bonchev–Trinajstić information content (AvgIpc) is 2.93. The summed E-state index contributed by atoms with van der Waals surface area (Å²) in [6, 6.07) is 2.15. The third-order valence-electron chi connectivity index (χ3n) is 5.77. The fourth-order valence-corrected chi connectivity index (χ4v) is 4.03. The zero-order valence-electron chi connectivity index (χ0n) is 16.0. The van der Waals surface area contributed by atoms with Crippen LogP contribution in [0.1, 0.15) is 50.4 Å². The number of carbonyl (C=O) groups is 2. The van der Waals surface area contributed by atoms with E-state index in [1.807, 2.05) is 4.90 Å². The van der Waals surface area contributed by atoms with Crippen molar-refractivity contribution in [2.45, 2.75) is 58.7 Å². The smallest absolute Gasteiger partial charge is 0.270 e. The Morgan fingerprint density at radius 2 is 2.04 bits per heavy atom. The molecule has 0 radical (unpaired) electrons. The van der Waals surface area contributed by atoms with Gasteiger partial charge in [0.15, 0.2) is 0 Å². The van der Waals surface area contributed by atoms with E-state index >= 15 is 0 Å². The highest BCUT2D eigenvalue weighted by molar-refractivity contribution is 6.39. The number of amides is 2. The van der Waals surface area contributed by atoms with Crippen molar-refractivity contribution in [3.8, 4) is 0 Å². The Balaban J connectivity index is 1.42. The number of hydrogen-bond acceptors (Lipinski definition) is 5. The Kier molecular flexibility index (Phi) is 5.24. The lowest BCUT2D eigenvalue weighted by Gasteiger charge is -2.29. The summed E-state index contributed by atoms with van der Waals surface area (Å²) >= 11 is 0. The molecule has 1 saturated heterocycles. The summed E-state index contributed by atoms with van der Waals surface area (Å²) in [5.74, 6) is 0.625. The van der Waals surface area contributed by atoms with Crippen molar-refractivity contribution in [2.24, 2.45) is 11.0 Å². The number of nitrogens with one attached hydrogen (secondary N) is 1. The molecule has 4 rings (SSSR count). The molecule has 1 aromatic heterocycles. The van der Waals surface area contributed by atoms with Crippen LogP contribution in [0.3, 0.4) is 0 Å². The fourth-order valence-electron chi connectivity index (χ4n) is 4.03. The highest BCUT2D eigenvalue weighted by Crippen LogP contribution is 2.20. The van der Waals surface area contributed by atoms with Crippen LogP contribution in [0.4, 0.5) is 0 Å². The first-order valence-corrected chi connectivity index (χ1v) is 10.0. The molecule has 8 heteroatoms. The lowest BCUT2D eigenvalue weighted by atomic mass is 9.99. The second-order valence-electron chi connectivity index (χ2n) is 7.98. The van der Waals surface area contributed by atoms with Crippen molar-refractivity contribution >= 4 is 17.5 Å². The first-order valence-electron chi connectivity index (χ1n) is 10.0. The van der Waals surface area contributed by atoms with Crippen molar-refractivity contribution in [3.63, 3.8) is 0 Å². The van der Waals surface area contributed by atoms with Crippen molar-refractivity contribution in [2.75, 3.05) is 19.6 Å². The predicted molar refractivity (Wildman–Crippen MR) is 101 cm³/mol. The number of rotatable bonds is 3. The van der Waals surface area contributed by atoms with E-state index in [1.54, 1.807) is 0 Å². The van der Waals surface area contributed by atoms with Crippen molar-refractivity contribution in [1.82, 2.24) is 25.0 Å². The van der Waals surface area contributed by atoms with Crippen LogP contribution in [0.2, 0.25) is 0 Å². The standard InChI is InChI=1S/C19H28N6O2/c1-14-5-9-23(10-6-14)12-15-11-16-13-24(7-2-8-25(16)22-15)19(27)17-3-4-18(26)21-20-17/h11,14H,2-10,12-13H2,1H3,(H,21,26). The number of likely N-dealkylation sites (tertiary alicyclic amines) is 1. The molecular weight excluding hydrogens is 344 g/mol. The van der Waals surface area contributed by atoms with E-state index in [0.29, 0.717) is 31.6 Å². The van der Waals surface area contributed by atoms with Gasteiger partial charge in [-0.25, -0.2) is 5.43 Å². The highest BCUT2D eigenvalue weighted by atomic mass is 16.2. The number of hydrazone groups is 1. The molecule has 0 spiro atoms. The second-order valence-corrected chi connectivity index (χ2v) is 7.98. The van der Waals surface area contributed by atoms with E-state index in [9.17, 15) is 9.59 Å². The Hall–Kier alpha value is -2.22. The minimum absolute atomic E-state index is 0.0729. The summed E-state index contributed by atoms with van der Waals surface area (Å²) in [4.78, 5) is 28.3. The van der Waals surface area contributed by atoms with Crippen LogP contribution < -0.4 is 5.43 Å². The molecule has 1 N–H and O–H groups in total. The molecule has 2 amide bonds. The van der Waals surface area contributed by atoms with E-state index in [1.165, 1.54) is 12.8 Å². The Bertz CT molecular complexity index is 747. The monoisotopic (exact) mass is 372 g/mol. The van der Waals surface area contributed by atoms with Crippen LogP contribution in [0, 0.1) is 5.92 Å². The van der Waals surface area contributed by atoms with Gasteiger partial charge in [0.2, 0.25) is 5.91 Å². The van der Waals surface area contributed by atoms with Gasteiger partial charge in [0, 0.05) is 32.5 Å². The number of aromatic nitrogens is 2. The van der Waals surface area contributed by atoms with Gasteiger partial charge in [0.1, 0.15) is 5.71 Å². The molecule has 0 aromatic carbocycles. The number of carbonyl (C=O) groups excluding carboxylic acids is 2. The topological polar surface area (TPSA) is 82.8 Å². The van der Waals surface area contributed by atoms with Gasteiger partial charge in [0.25, 0.3) is 5.91 Å². The number of fused-ring (bicyclic) bond motifs is 1. The zero-order valence-corrected chi connectivity index (χ0v) is 16.0. The molecule has 0 unspecified atom stereocenters. The van der Waals surface area contributed by atoms with Crippen LogP contribution in [-0.4, -0.2) is 56.7 Å². The van der Waals surface area contributed by atoms with Gasteiger partial charge in [-0.1, -0.05) is 6.92 Å². The van der Waals surface area contributed by atoms with Crippen LogP contribution in [0.15, 0.2) is 11.2 Å². The van der Waals surface area contributed by atoms with E-state index in [0.717, 1.165) is 49.9 Å². The summed E-state index contributed by atoms with van der Waals surface area (Å²) in [5.41, 5.74) is 5.05. The summed E-state index contributed by atoms with van der Waals surface area (Å²) in [7, 11) is 0. The van der Waals surface area contributed by atoms with Crippen molar-refractivity contribution in [3.05, 3.63) is 17.5 Å². The first-order chi connectivity index (χ1) is 13.1. The maximum atomic E-state index is 12.8.